The molecule has 0 N–H and O–H groups in total. The van der Waals surface area contributed by atoms with Crippen molar-refractivity contribution >= 4 is 78.1 Å². The maximum Gasteiger partial charge on any atom is 0.265 e. The van der Waals surface area contributed by atoms with Crippen LogP contribution in [0.4, 0.5) is 11.4 Å². The highest BCUT2D eigenvalue weighted by Gasteiger charge is 2.38. The molecule has 6 nitrogen and oxygen atoms in total. The van der Waals surface area contributed by atoms with Crippen LogP contribution in [0.25, 0.3) is 43.1 Å². The summed E-state index contributed by atoms with van der Waals surface area (Å²) in [5, 5.41) is 6.37. The molecule has 0 radical (unpaired) electrons. The lowest BCUT2D eigenvalue weighted by atomic mass is 9.82. The van der Waals surface area contributed by atoms with Gasteiger partial charge in [-0.3, -0.25) is 19.2 Å². The van der Waals surface area contributed by atoms with E-state index in [0.29, 0.717) is 44.4 Å². The predicted octanol–water partition coefficient (Wildman–Crippen LogP) is 9.93. The normalized spacial score (nSPS) is 15.1. The number of anilines is 2. The summed E-state index contributed by atoms with van der Waals surface area (Å²) >= 11 is 0. The van der Waals surface area contributed by atoms with Crippen LogP contribution in [0.5, 0.6) is 0 Å². The summed E-state index contributed by atoms with van der Waals surface area (Å²) in [5.74, 6) is -1.44. The first kappa shape index (κ1) is 30.2. The van der Waals surface area contributed by atoms with E-state index in [0.717, 1.165) is 43.4 Å². The monoisotopic (exact) mass is 654 g/mol. The number of carbonyl (C=O) groups excluding carboxylic acids is 4. The quantitative estimate of drug-likeness (QED) is 0.106. The third-order valence-corrected chi connectivity index (χ3v) is 10.6. The average molecular weight is 655 g/mol. The maximum absolute atomic E-state index is 14.2. The van der Waals surface area contributed by atoms with Crippen molar-refractivity contribution < 1.29 is 19.2 Å². The maximum atomic E-state index is 14.2. The molecule has 0 aliphatic carbocycles. The van der Waals surface area contributed by atoms with Gasteiger partial charge in [-0.1, -0.05) is 90.1 Å². The van der Waals surface area contributed by atoms with Gasteiger partial charge in [0.05, 0.1) is 11.4 Å². The van der Waals surface area contributed by atoms with Crippen molar-refractivity contribution in [3.63, 3.8) is 0 Å². The molecular formula is C44H34N2O4. The van der Waals surface area contributed by atoms with E-state index in [2.05, 4.69) is 41.5 Å². The molecule has 0 saturated heterocycles. The van der Waals surface area contributed by atoms with E-state index in [-0.39, 0.29) is 34.5 Å². The first-order chi connectivity index (χ1) is 23.8. The average Bonchev–Trinajstić information content (AvgIpc) is 3.08. The number of imide groups is 2. The van der Waals surface area contributed by atoms with E-state index in [1.807, 2.05) is 60.7 Å². The van der Waals surface area contributed by atoms with E-state index in [4.69, 9.17) is 0 Å². The van der Waals surface area contributed by atoms with Crippen LogP contribution < -0.4 is 9.80 Å². The predicted molar refractivity (Wildman–Crippen MR) is 200 cm³/mol. The molecule has 0 atom stereocenters. The first-order valence-electron chi connectivity index (χ1n) is 16.9. The molecule has 0 saturated carbocycles. The molecule has 9 rings (SSSR count). The van der Waals surface area contributed by atoms with Gasteiger partial charge in [-0.15, -0.1) is 0 Å². The van der Waals surface area contributed by atoms with E-state index in [9.17, 15) is 19.2 Å². The Bertz CT molecular complexity index is 2400. The van der Waals surface area contributed by atoms with Crippen LogP contribution in [0.3, 0.4) is 0 Å². The summed E-state index contributed by atoms with van der Waals surface area (Å²) in [6, 6.07) is 30.2. The topological polar surface area (TPSA) is 74.8 Å². The summed E-state index contributed by atoms with van der Waals surface area (Å²) in [6.07, 6.45) is 0. The van der Waals surface area contributed by atoms with Gasteiger partial charge < -0.3 is 0 Å². The number of carbonyl (C=O) groups is 4. The van der Waals surface area contributed by atoms with Crippen LogP contribution >= 0.6 is 0 Å². The third-order valence-electron chi connectivity index (χ3n) is 10.6. The van der Waals surface area contributed by atoms with Gasteiger partial charge in [0.15, 0.2) is 0 Å². The fourth-order valence-electron chi connectivity index (χ4n) is 7.96. The van der Waals surface area contributed by atoms with Crippen molar-refractivity contribution in [1.82, 2.24) is 0 Å². The van der Waals surface area contributed by atoms with Gasteiger partial charge in [0.1, 0.15) is 0 Å². The van der Waals surface area contributed by atoms with Gasteiger partial charge in [-0.05, 0) is 103 Å². The molecule has 0 unspecified atom stereocenters. The first-order valence-corrected chi connectivity index (χ1v) is 16.9. The Morgan fingerprint density at radius 3 is 0.960 bits per heavy atom. The van der Waals surface area contributed by atoms with Crippen molar-refractivity contribution in [2.45, 2.75) is 52.4 Å². The minimum Gasteiger partial charge on any atom is -0.268 e. The molecule has 2 aliphatic heterocycles. The molecule has 0 spiro atoms. The zero-order chi connectivity index (χ0) is 35.0. The molecule has 0 aromatic heterocycles. The molecule has 6 heteroatoms. The van der Waals surface area contributed by atoms with Crippen LogP contribution in [0, 0.1) is 0 Å². The van der Waals surface area contributed by atoms with Gasteiger partial charge in [0.2, 0.25) is 0 Å². The van der Waals surface area contributed by atoms with Crippen LogP contribution in [0.2, 0.25) is 0 Å². The number of nitrogens with zero attached hydrogens (tertiary/aromatic N) is 2. The van der Waals surface area contributed by atoms with Crippen LogP contribution in [0.1, 0.15) is 94.1 Å². The molecule has 0 bridgehead atoms. The molecule has 2 heterocycles. The number of rotatable bonds is 2. The van der Waals surface area contributed by atoms with Gasteiger partial charge >= 0.3 is 0 Å². The summed E-state index contributed by atoms with van der Waals surface area (Å²) in [7, 11) is 0. The molecule has 244 valence electrons. The van der Waals surface area contributed by atoms with E-state index >= 15 is 0 Å². The molecule has 4 amide bonds. The van der Waals surface area contributed by atoms with Crippen molar-refractivity contribution in [1.29, 1.82) is 0 Å². The Hall–Kier alpha value is -5.88. The highest BCUT2D eigenvalue weighted by atomic mass is 16.2. The lowest BCUT2D eigenvalue weighted by Gasteiger charge is -2.31. The summed E-state index contributed by atoms with van der Waals surface area (Å²) in [6.45, 7) is 12.6. The van der Waals surface area contributed by atoms with Crippen LogP contribution in [-0.4, -0.2) is 23.6 Å². The summed E-state index contributed by atoms with van der Waals surface area (Å²) in [4.78, 5) is 59.4. The number of hydrogen-bond acceptors (Lipinski definition) is 4. The highest BCUT2D eigenvalue weighted by molar-refractivity contribution is 6.45. The van der Waals surface area contributed by atoms with Crippen molar-refractivity contribution in [3.05, 3.63) is 130 Å². The van der Waals surface area contributed by atoms with Gasteiger partial charge in [-0.2, -0.15) is 0 Å². The number of amides is 4. The fourth-order valence-corrected chi connectivity index (χ4v) is 7.96. The van der Waals surface area contributed by atoms with Crippen LogP contribution in [-0.2, 0) is 10.8 Å². The van der Waals surface area contributed by atoms with Gasteiger partial charge in [0, 0.05) is 33.0 Å². The smallest absolute Gasteiger partial charge is 0.265 e. The van der Waals surface area contributed by atoms with Gasteiger partial charge in [-0.25, -0.2) is 9.80 Å². The van der Waals surface area contributed by atoms with Gasteiger partial charge in [0.25, 0.3) is 23.6 Å². The lowest BCUT2D eigenvalue weighted by molar-refractivity contribution is 0.0877. The minimum atomic E-state index is -0.361. The molecule has 7 aromatic carbocycles. The molecule has 50 heavy (non-hydrogen) atoms. The van der Waals surface area contributed by atoms with E-state index in [1.54, 1.807) is 36.4 Å². The lowest BCUT2D eigenvalue weighted by Crippen LogP contribution is -2.40. The zero-order valence-corrected chi connectivity index (χ0v) is 28.8. The second-order valence-electron chi connectivity index (χ2n) is 15.6. The third kappa shape index (κ3) is 3.96. The highest BCUT2D eigenvalue weighted by Crippen LogP contribution is 2.47. The Labute approximate surface area is 289 Å². The summed E-state index contributed by atoms with van der Waals surface area (Å²) in [5.41, 5.74) is 4.70. The van der Waals surface area contributed by atoms with E-state index < -0.39 is 0 Å². The summed E-state index contributed by atoms with van der Waals surface area (Å²) < 4.78 is 0. The molecule has 7 aromatic rings. The standard InChI is InChI=1S/C44H34N2O4/c1-43(2,3)23-9-7-11-25(21-23)45-39(47)31-17-13-27-29-15-19-33-38-34(42(50)46(41(33)49)26-12-8-10-24(22-26)44(4,5)6)20-16-30(36(29)38)28-14-18-32(40(45)48)37(31)35(27)28/h7-22H,1-6H3. The van der Waals surface area contributed by atoms with E-state index in [1.165, 1.54) is 9.80 Å². The molecule has 0 fully saturated rings. The second-order valence-corrected chi connectivity index (χ2v) is 15.6. The Kier molecular flexibility index (Phi) is 5.95. The number of benzene rings is 7. The zero-order valence-electron chi connectivity index (χ0n) is 28.8. The Morgan fingerprint density at radius 1 is 0.380 bits per heavy atom. The number of fused-ring (bicyclic) bond motifs is 2. The van der Waals surface area contributed by atoms with Crippen molar-refractivity contribution in [3.8, 4) is 0 Å². The number of hydrogen-bond donors (Lipinski definition) is 0. The molecular weight excluding hydrogens is 620 g/mol. The largest absolute Gasteiger partial charge is 0.268 e. The Balaban J connectivity index is 1.25. The van der Waals surface area contributed by atoms with Crippen LogP contribution in [0.15, 0.2) is 97.1 Å². The van der Waals surface area contributed by atoms with Crippen molar-refractivity contribution in [2.24, 2.45) is 0 Å². The minimum absolute atomic E-state index is 0.157. The Morgan fingerprint density at radius 2 is 0.680 bits per heavy atom. The fraction of sp³-hybridized carbons (Fsp3) is 0.182. The van der Waals surface area contributed by atoms with Crippen molar-refractivity contribution in [2.75, 3.05) is 9.80 Å². The second kappa shape index (κ2) is 9.85. The molecule has 2 aliphatic rings. The SMILES string of the molecule is CC(C)(C)c1cccc(N2C(=O)c3ccc4c5ccc6c7c(ccc(c8ccc(c3c48)C2=O)c75)C(=O)N(c2cccc(C(C)(C)C)c2)C6=O)c1.